The molecule has 2 aliphatic heterocycles. The average Bonchev–Trinajstić information content (AvgIpc) is 2.34. The van der Waals surface area contributed by atoms with Gasteiger partial charge >= 0.3 is 0 Å². The van der Waals surface area contributed by atoms with Gasteiger partial charge in [-0.3, -0.25) is 0 Å². The Labute approximate surface area is 91.3 Å². The SMILES string of the molecule is C[C@@H]1C[P@]2(=O)Cc3ccccc3[C@@]1(C)C2. The lowest BCUT2D eigenvalue weighted by Gasteiger charge is -2.34. The van der Waals surface area contributed by atoms with Crippen molar-refractivity contribution in [2.75, 3.05) is 12.3 Å². The van der Waals surface area contributed by atoms with Gasteiger partial charge in [-0.1, -0.05) is 38.1 Å². The van der Waals surface area contributed by atoms with E-state index >= 15 is 0 Å². The molecule has 0 spiro atoms. The van der Waals surface area contributed by atoms with E-state index in [4.69, 9.17) is 0 Å². The summed E-state index contributed by atoms with van der Waals surface area (Å²) in [6.07, 6.45) is 2.75. The van der Waals surface area contributed by atoms with Crippen LogP contribution in [0.5, 0.6) is 0 Å². The van der Waals surface area contributed by atoms with Gasteiger partial charge in [0.1, 0.15) is 0 Å². The monoisotopic (exact) mass is 220 g/mol. The van der Waals surface area contributed by atoms with Crippen molar-refractivity contribution in [3.8, 4) is 0 Å². The first kappa shape index (κ1) is 9.66. The summed E-state index contributed by atoms with van der Waals surface area (Å²) in [6, 6.07) is 8.59. The molecule has 1 nitrogen and oxygen atoms in total. The van der Waals surface area contributed by atoms with Crippen molar-refractivity contribution >= 4 is 7.14 Å². The first-order valence-corrected chi connectivity index (χ1v) is 7.95. The third kappa shape index (κ3) is 1.19. The highest BCUT2D eigenvalue weighted by atomic mass is 31.2. The van der Waals surface area contributed by atoms with E-state index in [0.717, 1.165) is 18.5 Å². The van der Waals surface area contributed by atoms with Crippen LogP contribution in [0.3, 0.4) is 0 Å². The molecule has 2 heteroatoms. The van der Waals surface area contributed by atoms with Crippen LogP contribution in [0, 0.1) is 5.92 Å². The summed E-state index contributed by atoms with van der Waals surface area (Å²) in [4.78, 5) is 0. The Hall–Kier alpha value is -0.550. The molecule has 0 aliphatic carbocycles. The Bertz CT molecular complexity index is 465. The van der Waals surface area contributed by atoms with Crippen LogP contribution < -0.4 is 0 Å². The van der Waals surface area contributed by atoms with Crippen molar-refractivity contribution in [1.82, 2.24) is 0 Å². The zero-order valence-corrected chi connectivity index (χ0v) is 10.3. The molecule has 0 radical (unpaired) electrons. The summed E-state index contributed by atoms with van der Waals surface area (Å²) in [5, 5.41) is 0. The highest BCUT2D eigenvalue weighted by Gasteiger charge is 2.52. The van der Waals surface area contributed by atoms with Crippen molar-refractivity contribution in [3.63, 3.8) is 0 Å². The molecule has 3 rings (SSSR count). The summed E-state index contributed by atoms with van der Waals surface area (Å²) in [6.45, 7) is 4.57. The van der Waals surface area contributed by atoms with E-state index in [1.54, 1.807) is 0 Å². The van der Waals surface area contributed by atoms with E-state index < -0.39 is 7.14 Å². The first-order chi connectivity index (χ1) is 7.04. The molecule has 2 heterocycles. The minimum absolute atomic E-state index is 0.185. The fourth-order valence-corrected chi connectivity index (χ4v) is 7.86. The molecule has 1 fully saturated rings. The maximum Gasteiger partial charge on any atom is 0.0931 e. The van der Waals surface area contributed by atoms with Gasteiger partial charge in [0.15, 0.2) is 0 Å². The molecule has 2 bridgehead atoms. The van der Waals surface area contributed by atoms with E-state index in [2.05, 4.69) is 38.1 Å². The quantitative estimate of drug-likeness (QED) is 0.612. The third-order valence-electron chi connectivity index (χ3n) is 4.40. The Balaban J connectivity index is 2.26. The standard InChI is InChI=1S/C13H17OP/c1-10-7-15(14)8-11-5-3-4-6-12(11)13(10,2)9-15/h3-6,10H,7-9H2,1-2H3/t10-,13+,15+/m1/s1. The molecular weight excluding hydrogens is 203 g/mol. The summed E-state index contributed by atoms with van der Waals surface area (Å²) in [7, 11) is -1.87. The van der Waals surface area contributed by atoms with Gasteiger partial charge in [0.2, 0.25) is 0 Å². The van der Waals surface area contributed by atoms with Gasteiger partial charge in [0.25, 0.3) is 0 Å². The van der Waals surface area contributed by atoms with Gasteiger partial charge < -0.3 is 4.57 Å². The normalized spacial score (nSPS) is 42.7. The Morgan fingerprint density at radius 3 is 2.93 bits per heavy atom. The van der Waals surface area contributed by atoms with Crippen molar-refractivity contribution in [3.05, 3.63) is 35.4 Å². The number of hydrogen-bond acceptors (Lipinski definition) is 1. The molecule has 80 valence electrons. The average molecular weight is 220 g/mol. The smallest absolute Gasteiger partial charge is 0.0931 e. The fourth-order valence-electron chi connectivity index (χ4n) is 3.52. The number of fused-ring (bicyclic) bond motifs is 4. The van der Waals surface area contributed by atoms with Crippen LogP contribution in [0.25, 0.3) is 0 Å². The molecule has 1 saturated heterocycles. The van der Waals surface area contributed by atoms with Crippen molar-refractivity contribution in [2.24, 2.45) is 5.92 Å². The lowest BCUT2D eigenvalue weighted by atomic mass is 9.73. The zero-order chi connectivity index (χ0) is 10.7. The molecule has 3 atom stereocenters. The number of rotatable bonds is 0. The summed E-state index contributed by atoms with van der Waals surface area (Å²) in [5.41, 5.74) is 2.99. The van der Waals surface area contributed by atoms with Crippen LogP contribution >= 0.6 is 7.14 Å². The second-order valence-electron chi connectivity index (χ2n) is 5.53. The van der Waals surface area contributed by atoms with E-state index in [1.807, 2.05) is 0 Å². The Morgan fingerprint density at radius 1 is 1.40 bits per heavy atom. The van der Waals surface area contributed by atoms with Gasteiger partial charge in [-0.15, -0.1) is 0 Å². The molecule has 15 heavy (non-hydrogen) atoms. The Kier molecular flexibility index (Phi) is 1.78. The lowest BCUT2D eigenvalue weighted by molar-refractivity contribution is 0.401. The second kappa shape index (κ2) is 2.77. The van der Waals surface area contributed by atoms with Crippen molar-refractivity contribution in [2.45, 2.75) is 25.4 Å². The zero-order valence-electron chi connectivity index (χ0n) is 9.36. The minimum atomic E-state index is -1.87. The van der Waals surface area contributed by atoms with Crippen molar-refractivity contribution < 1.29 is 4.57 Å². The minimum Gasteiger partial charge on any atom is -0.323 e. The van der Waals surface area contributed by atoms with Crippen LogP contribution in [0.15, 0.2) is 24.3 Å². The largest absolute Gasteiger partial charge is 0.323 e. The first-order valence-electron chi connectivity index (χ1n) is 5.69. The summed E-state index contributed by atoms with van der Waals surface area (Å²) in [5.74, 6) is 0.576. The fraction of sp³-hybridized carbons (Fsp3) is 0.538. The van der Waals surface area contributed by atoms with Crippen molar-refractivity contribution in [1.29, 1.82) is 0 Å². The number of hydrogen-bond donors (Lipinski definition) is 0. The lowest BCUT2D eigenvalue weighted by Crippen LogP contribution is -2.31. The van der Waals surface area contributed by atoms with E-state index in [-0.39, 0.29) is 5.41 Å². The highest BCUT2D eigenvalue weighted by molar-refractivity contribution is 7.63. The molecule has 0 amide bonds. The molecule has 1 aromatic rings. The molecule has 1 aromatic carbocycles. The summed E-state index contributed by atoms with van der Waals surface area (Å²) < 4.78 is 12.6. The third-order valence-corrected chi connectivity index (χ3v) is 7.77. The van der Waals surface area contributed by atoms with E-state index in [1.165, 1.54) is 11.1 Å². The van der Waals surface area contributed by atoms with Crippen LogP contribution in [0.2, 0.25) is 0 Å². The van der Waals surface area contributed by atoms with Crippen LogP contribution in [-0.2, 0) is 16.1 Å². The maximum atomic E-state index is 12.6. The molecular formula is C13H17OP. The van der Waals surface area contributed by atoms with Crippen LogP contribution in [-0.4, -0.2) is 12.3 Å². The Morgan fingerprint density at radius 2 is 2.13 bits per heavy atom. The van der Waals surface area contributed by atoms with Gasteiger partial charge in [0, 0.05) is 23.9 Å². The molecule has 2 aliphatic rings. The van der Waals surface area contributed by atoms with Crippen LogP contribution in [0.1, 0.15) is 25.0 Å². The predicted octanol–water partition coefficient (Wildman–Crippen LogP) is 3.47. The molecule has 0 unspecified atom stereocenters. The van der Waals surface area contributed by atoms with Gasteiger partial charge in [-0.05, 0) is 17.0 Å². The molecule has 0 N–H and O–H groups in total. The highest BCUT2D eigenvalue weighted by Crippen LogP contribution is 2.67. The summed E-state index contributed by atoms with van der Waals surface area (Å²) >= 11 is 0. The van der Waals surface area contributed by atoms with E-state index in [0.29, 0.717) is 5.92 Å². The van der Waals surface area contributed by atoms with E-state index in [9.17, 15) is 4.57 Å². The molecule has 0 saturated carbocycles. The molecule has 0 aromatic heterocycles. The second-order valence-corrected chi connectivity index (χ2v) is 8.65. The van der Waals surface area contributed by atoms with Gasteiger partial charge in [-0.25, -0.2) is 0 Å². The predicted molar refractivity (Wildman–Crippen MR) is 64.0 cm³/mol. The van der Waals surface area contributed by atoms with Crippen LogP contribution in [0.4, 0.5) is 0 Å². The van der Waals surface area contributed by atoms with Gasteiger partial charge in [-0.2, -0.15) is 0 Å². The number of benzene rings is 1. The van der Waals surface area contributed by atoms with Gasteiger partial charge in [0.05, 0.1) is 7.14 Å². The topological polar surface area (TPSA) is 17.1 Å². The maximum absolute atomic E-state index is 12.6.